The number of likely N-dealkylation sites (N-methyl/N-ethyl adjacent to an activating group) is 1. The number of hydrogen-bond acceptors (Lipinski definition) is 6. The largest absolute Gasteiger partial charge is 0.374 e. The smallest absolute Gasteiger partial charge is 0.132 e. The van der Waals surface area contributed by atoms with Crippen LogP contribution >= 0.6 is 0 Å². The summed E-state index contributed by atoms with van der Waals surface area (Å²) in [5.74, 6) is 2.60. The Hall–Kier alpha value is -1.40. The Morgan fingerprint density at radius 3 is 2.70 bits per heavy atom. The number of aryl methyl sites for hydroxylation is 1. The van der Waals surface area contributed by atoms with Crippen LogP contribution in [0, 0.1) is 0 Å². The molecular formula is C14H25N5O. The molecule has 1 aliphatic heterocycles. The van der Waals surface area contributed by atoms with Crippen LogP contribution in [0.15, 0.2) is 6.07 Å². The highest BCUT2D eigenvalue weighted by Gasteiger charge is 2.17. The van der Waals surface area contributed by atoms with E-state index in [1.807, 2.05) is 6.07 Å². The summed E-state index contributed by atoms with van der Waals surface area (Å²) in [6.45, 7) is 8.52. The third kappa shape index (κ3) is 4.31. The van der Waals surface area contributed by atoms with Gasteiger partial charge in [-0.2, -0.15) is 0 Å². The maximum atomic E-state index is 5.74. The standard InChI is InChI=1S/C14H25N5O/c1-4-12-17-13(15-5-2)8-14(18-12)16-9-11-10-19(3)6-7-20-11/h8,11H,4-7,9-10H2,1-3H3,(H2,15,16,17,18). The van der Waals surface area contributed by atoms with E-state index in [1.165, 1.54) is 0 Å². The molecule has 1 aromatic rings. The van der Waals surface area contributed by atoms with E-state index >= 15 is 0 Å². The lowest BCUT2D eigenvalue weighted by atomic mass is 10.3. The molecule has 0 radical (unpaired) electrons. The van der Waals surface area contributed by atoms with Crippen molar-refractivity contribution >= 4 is 11.6 Å². The third-order valence-electron chi connectivity index (χ3n) is 3.30. The van der Waals surface area contributed by atoms with Crippen LogP contribution in [-0.2, 0) is 11.2 Å². The van der Waals surface area contributed by atoms with Crippen molar-refractivity contribution in [1.82, 2.24) is 14.9 Å². The van der Waals surface area contributed by atoms with Crippen molar-refractivity contribution in [1.29, 1.82) is 0 Å². The van der Waals surface area contributed by atoms with Gasteiger partial charge in [0.05, 0.1) is 12.7 Å². The Kier molecular flexibility index (Phi) is 5.55. The molecule has 0 spiro atoms. The van der Waals surface area contributed by atoms with Gasteiger partial charge in [0, 0.05) is 38.7 Å². The molecule has 2 N–H and O–H groups in total. The van der Waals surface area contributed by atoms with Gasteiger partial charge in [0.1, 0.15) is 17.5 Å². The van der Waals surface area contributed by atoms with Crippen LogP contribution in [0.5, 0.6) is 0 Å². The highest BCUT2D eigenvalue weighted by Crippen LogP contribution is 2.12. The average molecular weight is 279 g/mol. The van der Waals surface area contributed by atoms with E-state index < -0.39 is 0 Å². The number of anilines is 2. The number of ether oxygens (including phenoxy) is 1. The summed E-state index contributed by atoms with van der Waals surface area (Å²) in [5.41, 5.74) is 0. The minimum absolute atomic E-state index is 0.219. The van der Waals surface area contributed by atoms with Gasteiger partial charge in [0.2, 0.25) is 0 Å². The second-order valence-corrected chi connectivity index (χ2v) is 5.07. The van der Waals surface area contributed by atoms with Crippen LogP contribution < -0.4 is 10.6 Å². The molecule has 1 atom stereocenters. The van der Waals surface area contributed by atoms with Crippen LogP contribution in [-0.4, -0.2) is 60.8 Å². The summed E-state index contributed by atoms with van der Waals surface area (Å²) in [6.07, 6.45) is 1.05. The van der Waals surface area contributed by atoms with Gasteiger partial charge < -0.3 is 20.3 Å². The zero-order valence-corrected chi connectivity index (χ0v) is 12.6. The van der Waals surface area contributed by atoms with Gasteiger partial charge in [0.25, 0.3) is 0 Å². The second-order valence-electron chi connectivity index (χ2n) is 5.07. The van der Waals surface area contributed by atoms with Crippen molar-refractivity contribution in [3.63, 3.8) is 0 Å². The first-order valence-corrected chi connectivity index (χ1v) is 7.37. The molecule has 2 heterocycles. The first-order valence-electron chi connectivity index (χ1n) is 7.37. The highest BCUT2D eigenvalue weighted by atomic mass is 16.5. The maximum absolute atomic E-state index is 5.74. The maximum Gasteiger partial charge on any atom is 0.132 e. The number of hydrogen-bond donors (Lipinski definition) is 2. The van der Waals surface area contributed by atoms with Crippen molar-refractivity contribution in [3.8, 4) is 0 Å². The summed E-state index contributed by atoms with van der Waals surface area (Å²) in [5, 5.41) is 6.60. The fraction of sp³-hybridized carbons (Fsp3) is 0.714. The lowest BCUT2D eigenvalue weighted by Crippen LogP contribution is -2.43. The van der Waals surface area contributed by atoms with Gasteiger partial charge in [-0.15, -0.1) is 0 Å². The van der Waals surface area contributed by atoms with E-state index in [4.69, 9.17) is 4.74 Å². The number of morpholine rings is 1. The molecule has 6 heteroatoms. The zero-order valence-electron chi connectivity index (χ0n) is 12.6. The SMILES string of the molecule is CCNc1cc(NCC2CN(C)CCO2)nc(CC)n1. The fourth-order valence-electron chi connectivity index (χ4n) is 2.23. The molecule has 1 unspecified atom stereocenters. The van der Waals surface area contributed by atoms with Gasteiger partial charge in [-0.25, -0.2) is 9.97 Å². The summed E-state index contributed by atoms with van der Waals surface area (Å²) in [6, 6.07) is 1.95. The Morgan fingerprint density at radius 2 is 2.05 bits per heavy atom. The quantitative estimate of drug-likeness (QED) is 0.816. The first-order chi connectivity index (χ1) is 9.71. The Labute approximate surface area is 120 Å². The van der Waals surface area contributed by atoms with Crippen molar-refractivity contribution in [2.45, 2.75) is 26.4 Å². The van der Waals surface area contributed by atoms with Crippen LogP contribution in [0.25, 0.3) is 0 Å². The molecule has 0 bridgehead atoms. The van der Waals surface area contributed by atoms with Crippen LogP contribution in [0.2, 0.25) is 0 Å². The van der Waals surface area contributed by atoms with E-state index in [9.17, 15) is 0 Å². The zero-order chi connectivity index (χ0) is 14.4. The molecule has 1 fully saturated rings. The fourth-order valence-corrected chi connectivity index (χ4v) is 2.23. The lowest BCUT2D eigenvalue weighted by molar-refractivity contribution is -0.0117. The minimum Gasteiger partial charge on any atom is -0.374 e. The van der Waals surface area contributed by atoms with E-state index in [0.717, 1.165) is 56.7 Å². The number of aromatic nitrogens is 2. The topological polar surface area (TPSA) is 62.3 Å². The van der Waals surface area contributed by atoms with Gasteiger partial charge in [0.15, 0.2) is 0 Å². The predicted octanol–water partition coefficient (Wildman–Crippen LogP) is 1.21. The van der Waals surface area contributed by atoms with Crippen LogP contribution in [0.1, 0.15) is 19.7 Å². The number of rotatable bonds is 6. The predicted molar refractivity (Wildman–Crippen MR) is 81.3 cm³/mol. The molecule has 0 aromatic carbocycles. The summed E-state index contributed by atoms with van der Waals surface area (Å²) >= 11 is 0. The van der Waals surface area contributed by atoms with Gasteiger partial charge in [-0.05, 0) is 14.0 Å². The second kappa shape index (κ2) is 7.40. The van der Waals surface area contributed by atoms with Crippen molar-refractivity contribution in [3.05, 3.63) is 11.9 Å². The summed E-state index contributed by atoms with van der Waals surface area (Å²) in [7, 11) is 2.12. The first kappa shape index (κ1) is 15.0. The molecule has 6 nitrogen and oxygen atoms in total. The Balaban J connectivity index is 1.95. The Bertz CT molecular complexity index is 426. The lowest BCUT2D eigenvalue weighted by Gasteiger charge is -2.30. The molecule has 1 aliphatic rings. The minimum atomic E-state index is 0.219. The van der Waals surface area contributed by atoms with E-state index in [2.05, 4.69) is 46.4 Å². The molecule has 0 amide bonds. The van der Waals surface area contributed by atoms with Gasteiger partial charge in [-0.1, -0.05) is 6.92 Å². The molecule has 2 rings (SSSR count). The molecular weight excluding hydrogens is 254 g/mol. The molecule has 1 saturated heterocycles. The summed E-state index contributed by atoms with van der Waals surface area (Å²) < 4.78 is 5.74. The molecule has 1 aromatic heterocycles. The monoisotopic (exact) mass is 279 g/mol. The Morgan fingerprint density at radius 1 is 1.30 bits per heavy atom. The summed E-state index contributed by atoms with van der Waals surface area (Å²) in [4.78, 5) is 11.2. The van der Waals surface area contributed by atoms with Crippen molar-refractivity contribution in [2.24, 2.45) is 0 Å². The van der Waals surface area contributed by atoms with Crippen molar-refractivity contribution in [2.75, 3.05) is 50.5 Å². The van der Waals surface area contributed by atoms with Crippen LogP contribution in [0.4, 0.5) is 11.6 Å². The van der Waals surface area contributed by atoms with Gasteiger partial charge in [-0.3, -0.25) is 0 Å². The molecule has 20 heavy (non-hydrogen) atoms. The molecule has 0 aliphatic carbocycles. The highest BCUT2D eigenvalue weighted by molar-refractivity contribution is 5.47. The number of nitrogens with zero attached hydrogens (tertiary/aromatic N) is 3. The molecule has 0 saturated carbocycles. The van der Waals surface area contributed by atoms with Crippen LogP contribution in [0.3, 0.4) is 0 Å². The molecule has 112 valence electrons. The van der Waals surface area contributed by atoms with Crippen molar-refractivity contribution < 1.29 is 4.74 Å². The van der Waals surface area contributed by atoms with E-state index in [1.54, 1.807) is 0 Å². The average Bonchev–Trinajstić information content (AvgIpc) is 2.45. The number of nitrogens with one attached hydrogen (secondary N) is 2. The van der Waals surface area contributed by atoms with E-state index in [0.29, 0.717) is 0 Å². The third-order valence-corrected chi connectivity index (χ3v) is 3.30. The normalized spacial score (nSPS) is 19.9. The van der Waals surface area contributed by atoms with Gasteiger partial charge >= 0.3 is 0 Å². The van der Waals surface area contributed by atoms with E-state index in [-0.39, 0.29) is 6.10 Å².